The van der Waals surface area contributed by atoms with Crippen molar-refractivity contribution in [1.29, 1.82) is 0 Å². The van der Waals surface area contributed by atoms with Crippen LogP contribution in [0, 0.1) is 5.92 Å². The summed E-state index contributed by atoms with van der Waals surface area (Å²) in [6, 6.07) is 4.94. The van der Waals surface area contributed by atoms with Gasteiger partial charge in [0.15, 0.2) is 0 Å². The number of aryl methyl sites for hydroxylation is 1. The van der Waals surface area contributed by atoms with Gasteiger partial charge in [-0.3, -0.25) is 0 Å². The van der Waals surface area contributed by atoms with E-state index < -0.39 is 6.11 Å². The van der Waals surface area contributed by atoms with Gasteiger partial charge in [-0.05, 0) is 31.4 Å². The van der Waals surface area contributed by atoms with Crippen molar-refractivity contribution in [2.45, 2.75) is 39.3 Å². The maximum Gasteiger partial charge on any atom is 0.394 e. The van der Waals surface area contributed by atoms with Gasteiger partial charge in [0.1, 0.15) is 11.6 Å². The number of alkyl halides is 2. The second-order valence-corrected chi connectivity index (χ2v) is 5.77. The molecule has 2 aromatic rings. The van der Waals surface area contributed by atoms with Crippen LogP contribution in [0.2, 0.25) is 0 Å². The van der Waals surface area contributed by atoms with Gasteiger partial charge in [0, 0.05) is 39.2 Å². The third-order valence-corrected chi connectivity index (χ3v) is 3.91. The second-order valence-electron chi connectivity index (χ2n) is 5.77. The molecule has 0 bridgehead atoms. The van der Waals surface area contributed by atoms with Crippen LogP contribution in [-0.4, -0.2) is 28.9 Å². The number of nitrogens with zero attached hydrogens (tertiary/aromatic N) is 2. The van der Waals surface area contributed by atoms with Crippen LogP contribution in [0.25, 0.3) is 11.0 Å². The number of fused-ring (bicyclic) bond motifs is 1. The van der Waals surface area contributed by atoms with E-state index in [1.165, 1.54) is 0 Å². The third-order valence-electron chi connectivity index (χ3n) is 3.91. The molecular weight excluding hydrogens is 290 g/mol. The minimum absolute atomic E-state index is 0.136. The molecule has 0 N–H and O–H groups in total. The fourth-order valence-corrected chi connectivity index (χ4v) is 2.94. The van der Waals surface area contributed by atoms with Crippen LogP contribution in [0.15, 0.2) is 18.2 Å². The normalized spacial score (nSPS) is 19.0. The molecule has 6 heteroatoms. The lowest BCUT2D eigenvalue weighted by Gasteiger charge is -2.12. The molecular formula is C16H20F2N2O2. The molecule has 1 atom stereocenters. The molecule has 3 rings (SSSR count). The first-order valence-electron chi connectivity index (χ1n) is 7.60. The highest BCUT2D eigenvalue weighted by Crippen LogP contribution is 2.27. The molecule has 1 aliphatic rings. The first-order chi connectivity index (χ1) is 10.5. The lowest BCUT2D eigenvalue weighted by molar-refractivity contribution is -0.158. The van der Waals surface area contributed by atoms with E-state index in [4.69, 9.17) is 4.74 Å². The summed E-state index contributed by atoms with van der Waals surface area (Å²) < 4.78 is 38.1. The van der Waals surface area contributed by atoms with Crippen molar-refractivity contribution in [1.82, 2.24) is 9.55 Å². The average Bonchev–Trinajstić information content (AvgIpc) is 3.03. The largest absolute Gasteiger partial charge is 0.433 e. The summed E-state index contributed by atoms with van der Waals surface area (Å²) in [7, 11) is 0. The van der Waals surface area contributed by atoms with Crippen molar-refractivity contribution < 1.29 is 18.3 Å². The highest BCUT2D eigenvalue weighted by Gasteiger charge is 2.24. The molecule has 0 aliphatic carbocycles. The van der Waals surface area contributed by atoms with Crippen LogP contribution >= 0.6 is 0 Å². The summed E-state index contributed by atoms with van der Waals surface area (Å²) in [5.74, 6) is 1.60. The van der Waals surface area contributed by atoms with E-state index in [1.807, 2.05) is 0 Å². The zero-order valence-corrected chi connectivity index (χ0v) is 12.8. The number of hydrogen-bond acceptors (Lipinski definition) is 3. The smallest absolute Gasteiger partial charge is 0.394 e. The quantitative estimate of drug-likeness (QED) is 0.846. The number of rotatable bonds is 5. The fourth-order valence-electron chi connectivity index (χ4n) is 2.94. The minimum Gasteiger partial charge on any atom is -0.433 e. The Labute approximate surface area is 128 Å². The van der Waals surface area contributed by atoms with Gasteiger partial charge in [-0.2, -0.15) is 8.78 Å². The Bertz CT molecular complexity index is 658. The summed E-state index contributed by atoms with van der Waals surface area (Å²) in [4.78, 5) is 4.62. The Hall–Kier alpha value is -1.69. The Morgan fingerprint density at radius 3 is 2.91 bits per heavy atom. The molecule has 4 nitrogen and oxygen atoms in total. The zero-order chi connectivity index (χ0) is 15.7. The zero-order valence-electron chi connectivity index (χ0n) is 12.8. The fraction of sp³-hybridized carbons (Fsp3) is 0.562. The van der Waals surface area contributed by atoms with E-state index >= 15 is 0 Å². The predicted molar refractivity (Wildman–Crippen MR) is 79.3 cm³/mol. The van der Waals surface area contributed by atoms with Crippen molar-refractivity contribution in [3.05, 3.63) is 24.0 Å². The molecule has 2 heterocycles. The summed E-state index contributed by atoms with van der Waals surface area (Å²) in [6.07, 6.45) is -1.29. The van der Waals surface area contributed by atoms with Crippen LogP contribution in [0.3, 0.4) is 0 Å². The monoisotopic (exact) mass is 310 g/mol. The first-order valence-corrected chi connectivity index (χ1v) is 7.60. The van der Waals surface area contributed by atoms with Gasteiger partial charge < -0.3 is 14.0 Å². The van der Waals surface area contributed by atoms with Crippen molar-refractivity contribution in [2.75, 3.05) is 13.2 Å². The minimum atomic E-state index is -3.19. The highest BCUT2D eigenvalue weighted by molar-refractivity contribution is 5.77. The molecule has 1 fully saturated rings. The molecule has 0 radical (unpaired) electrons. The topological polar surface area (TPSA) is 36.3 Å². The van der Waals surface area contributed by atoms with E-state index in [9.17, 15) is 8.78 Å². The second kappa shape index (κ2) is 5.83. The maximum atomic E-state index is 13.0. The van der Waals surface area contributed by atoms with E-state index in [-0.39, 0.29) is 5.75 Å². The summed E-state index contributed by atoms with van der Waals surface area (Å²) in [6.45, 7) is 5.15. The Morgan fingerprint density at radius 2 is 2.27 bits per heavy atom. The Morgan fingerprint density at radius 1 is 1.45 bits per heavy atom. The van der Waals surface area contributed by atoms with Gasteiger partial charge in [-0.15, -0.1) is 0 Å². The number of ether oxygens (including phenoxy) is 2. The molecule has 1 unspecified atom stereocenters. The van der Waals surface area contributed by atoms with Crippen molar-refractivity contribution in [2.24, 2.45) is 5.92 Å². The van der Waals surface area contributed by atoms with Gasteiger partial charge in [0.2, 0.25) is 0 Å². The van der Waals surface area contributed by atoms with Gasteiger partial charge in [-0.25, -0.2) is 4.98 Å². The van der Waals surface area contributed by atoms with E-state index in [0.717, 1.165) is 50.9 Å². The van der Waals surface area contributed by atoms with Crippen molar-refractivity contribution in [3.63, 3.8) is 0 Å². The summed E-state index contributed by atoms with van der Waals surface area (Å²) in [5.41, 5.74) is 1.64. The molecule has 1 saturated heterocycles. The molecule has 1 aromatic carbocycles. The van der Waals surface area contributed by atoms with E-state index in [2.05, 4.69) is 21.2 Å². The van der Waals surface area contributed by atoms with Crippen molar-refractivity contribution in [3.8, 4) is 5.75 Å². The standard InChI is InChI=1S/C16H20F2N2O2/c1-3-20-14-5-4-12(22-16(2,17)18)9-13(14)19-15(20)8-11-6-7-21-10-11/h4-5,9,11H,3,6-8,10H2,1-2H3. The van der Waals surface area contributed by atoms with Crippen LogP contribution in [0.1, 0.15) is 26.1 Å². The van der Waals surface area contributed by atoms with E-state index in [0.29, 0.717) is 11.4 Å². The Balaban J connectivity index is 1.92. The predicted octanol–water partition coefficient (Wildman–Crippen LogP) is 3.63. The molecule has 0 spiro atoms. The van der Waals surface area contributed by atoms with Crippen LogP contribution in [0.5, 0.6) is 5.75 Å². The Kier molecular flexibility index (Phi) is 4.04. The number of halogens is 2. The maximum absolute atomic E-state index is 13.0. The SMILES string of the molecule is CCn1c(CC2CCOC2)nc2cc(OC(C)(F)F)ccc21. The van der Waals surface area contributed by atoms with Crippen LogP contribution < -0.4 is 4.74 Å². The van der Waals surface area contributed by atoms with Gasteiger partial charge in [-0.1, -0.05) is 0 Å². The molecule has 22 heavy (non-hydrogen) atoms. The summed E-state index contributed by atoms with van der Waals surface area (Å²) >= 11 is 0. The molecule has 1 aromatic heterocycles. The summed E-state index contributed by atoms with van der Waals surface area (Å²) in [5, 5.41) is 0. The third kappa shape index (κ3) is 3.21. The van der Waals surface area contributed by atoms with Crippen LogP contribution in [0.4, 0.5) is 8.78 Å². The van der Waals surface area contributed by atoms with Crippen molar-refractivity contribution >= 4 is 11.0 Å². The number of imidazole rings is 1. The lowest BCUT2D eigenvalue weighted by Crippen LogP contribution is -2.18. The van der Waals surface area contributed by atoms with Crippen LogP contribution in [-0.2, 0) is 17.7 Å². The highest BCUT2D eigenvalue weighted by atomic mass is 19.3. The lowest BCUT2D eigenvalue weighted by atomic mass is 10.1. The number of benzene rings is 1. The van der Waals surface area contributed by atoms with E-state index in [1.54, 1.807) is 18.2 Å². The van der Waals surface area contributed by atoms with Gasteiger partial charge in [0.05, 0.1) is 11.0 Å². The molecule has 0 amide bonds. The molecule has 1 aliphatic heterocycles. The molecule has 120 valence electrons. The number of hydrogen-bond donors (Lipinski definition) is 0. The first kappa shape index (κ1) is 15.2. The average molecular weight is 310 g/mol. The number of aromatic nitrogens is 2. The van der Waals surface area contributed by atoms with Gasteiger partial charge >= 0.3 is 6.11 Å². The molecule has 0 saturated carbocycles. The van der Waals surface area contributed by atoms with Gasteiger partial charge in [0.25, 0.3) is 0 Å².